The van der Waals surface area contributed by atoms with Crippen LogP contribution in [0.1, 0.15) is 0 Å². The van der Waals surface area contributed by atoms with Gasteiger partial charge in [-0.05, 0) is 36.4 Å². The topological polar surface area (TPSA) is 73.3 Å². The van der Waals surface area contributed by atoms with Gasteiger partial charge in [0.2, 0.25) is 0 Å². The summed E-state index contributed by atoms with van der Waals surface area (Å²) in [5.41, 5.74) is 4.20. The van der Waals surface area contributed by atoms with E-state index in [1.165, 1.54) is 0 Å². The molecule has 3 N–H and O–H groups in total. The lowest BCUT2D eigenvalue weighted by molar-refractivity contribution is 0.415. The number of benzene rings is 1. The van der Waals surface area contributed by atoms with E-state index in [9.17, 15) is 0 Å². The van der Waals surface area contributed by atoms with Gasteiger partial charge in [0, 0.05) is 17.1 Å². The molecule has 5 nitrogen and oxygen atoms in total. The Hall–Kier alpha value is -2.53. The van der Waals surface area contributed by atoms with Gasteiger partial charge in [0.15, 0.2) is 0 Å². The maximum Gasteiger partial charge on any atom is 0.139 e. The Kier molecular flexibility index (Phi) is 2.81. The fourth-order valence-corrected chi connectivity index (χ4v) is 1.92. The number of pyridine rings is 1. The van der Waals surface area contributed by atoms with Gasteiger partial charge in [-0.3, -0.25) is 0 Å². The van der Waals surface area contributed by atoms with Gasteiger partial charge in [-0.1, -0.05) is 0 Å². The second kappa shape index (κ2) is 4.62. The van der Waals surface area contributed by atoms with Crippen molar-refractivity contribution in [1.29, 1.82) is 0 Å². The molecule has 1 aromatic carbocycles. The van der Waals surface area contributed by atoms with Crippen LogP contribution in [0.15, 0.2) is 47.0 Å². The van der Waals surface area contributed by atoms with Crippen LogP contribution in [-0.2, 0) is 0 Å². The first kappa shape index (κ1) is 11.6. The van der Waals surface area contributed by atoms with E-state index in [4.69, 9.17) is 15.0 Å². The zero-order valence-corrected chi connectivity index (χ0v) is 10.4. The number of nitrogens with two attached hydrogens (primary N) is 1. The smallest absolute Gasteiger partial charge is 0.139 e. The lowest BCUT2D eigenvalue weighted by Crippen LogP contribution is -2.07. The van der Waals surface area contributed by atoms with Crippen molar-refractivity contribution < 1.29 is 9.15 Å². The maximum absolute atomic E-state index is 5.78. The van der Waals surface area contributed by atoms with E-state index in [0.29, 0.717) is 5.82 Å². The van der Waals surface area contributed by atoms with Crippen LogP contribution < -0.4 is 16.0 Å². The van der Waals surface area contributed by atoms with Gasteiger partial charge in [-0.2, -0.15) is 0 Å². The quantitative estimate of drug-likeness (QED) is 0.556. The number of rotatable bonds is 3. The second-order valence-electron chi connectivity index (χ2n) is 4.09. The molecule has 0 fully saturated rings. The Morgan fingerprint density at radius 3 is 2.79 bits per heavy atom. The molecule has 96 valence electrons. The molecule has 0 bridgehead atoms. The molecule has 19 heavy (non-hydrogen) atoms. The van der Waals surface area contributed by atoms with Crippen molar-refractivity contribution in [2.75, 3.05) is 12.5 Å². The number of aromatic nitrogens is 1. The van der Waals surface area contributed by atoms with Crippen LogP contribution in [0.3, 0.4) is 0 Å². The normalized spacial score (nSPS) is 10.6. The van der Waals surface area contributed by atoms with Crippen LogP contribution in [-0.4, -0.2) is 12.1 Å². The highest BCUT2D eigenvalue weighted by molar-refractivity contribution is 5.84. The second-order valence-corrected chi connectivity index (χ2v) is 4.09. The van der Waals surface area contributed by atoms with Crippen LogP contribution in [0, 0.1) is 0 Å². The molecule has 0 aliphatic heterocycles. The summed E-state index contributed by atoms with van der Waals surface area (Å²) in [6.45, 7) is 0. The molecule has 0 radical (unpaired) electrons. The summed E-state index contributed by atoms with van der Waals surface area (Å²) < 4.78 is 11.0. The summed E-state index contributed by atoms with van der Waals surface area (Å²) in [7, 11) is 1.64. The number of ether oxygens (including phenoxy) is 1. The van der Waals surface area contributed by atoms with E-state index in [1.807, 2.05) is 30.3 Å². The van der Waals surface area contributed by atoms with Crippen LogP contribution in [0.4, 0.5) is 5.82 Å². The van der Waals surface area contributed by atoms with E-state index in [0.717, 1.165) is 28.0 Å². The molecule has 0 aliphatic rings. The Balaban J connectivity index is 2.04. The van der Waals surface area contributed by atoms with E-state index in [1.54, 1.807) is 19.4 Å². The first-order valence-electron chi connectivity index (χ1n) is 5.81. The van der Waals surface area contributed by atoms with Crippen LogP contribution in [0.2, 0.25) is 0 Å². The lowest BCUT2D eigenvalue weighted by atomic mass is 10.2. The van der Waals surface area contributed by atoms with Gasteiger partial charge in [-0.25, -0.2) is 10.8 Å². The van der Waals surface area contributed by atoms with Crippen LogP contribution in [0.25, 0.3) is 22.3 Å². The van der Waals surface area contributed by atoms with Gasteiger partial charge in [-0.15, -0.1) is 0 Å². The highest BCUT2D eigenvalue weighted by atomic mass is 16.5. The number of hydrazine groups is 1. The molecule has 2 aromatic heterocycles. The molecule has 0 atom stereocenters. The van der Waals surface area contributed by atoms with E-state index >= 15 is 0 Å². The number of furan rings is 1. The first-order valence-corrected chi connectivity index (χ1v) is 5.81. The molecule has 0 spiro atoms. The molecule has 0 amide bonds. The SMILES string of the molecule is COc1ccc2oc(-c3ccc(NN)nc3)cc2c1. The molecule has 3 rings (SSSR count). The fourth-order valence-electron chi connectivity index (χ4n) is 1.92. The maximum atomic E-state index is 5.78. The predicted molar refractivity (Wildman–Crippen MR) is 73.8 cm³/mol. The Morgan fingerprint density at radius 2 is 2.11 bits per heavy atom. The van der Waals surface area contributed by atoms with Crippen molar-refractivity contribution in [2.45, 2.75) is 0 Å². The number of hydrogen-bond donors (Lipinski definition) is 2. The van der Waals surface area contributed by atoms with Gasteiger partial charge >= 0.3 is 0 Å². The summed E-state index contributed by atoms with van der Waals surface area (Å²) in [4.78, 5) is 4.16. The van der Waals surface area contributed by atoms with Crippen LogP contribution in [0.5, 0.6) is 5.75 Å². The van der Waals surface area contributed by atoms with Crippen molar-refractivity contribution in [2.24, 2.45) is 5.84 Å². The average Bonchev–Trinajstić information content (AvgIpc) is 2.90. The molecule has 2 heterocycles. The molecule has 0 saturated carbocycles. The molecule has 0 unspecified atom stereocenters. The Labute approximate surface area is 110 Å². The zero-order chi connectivity index (χ0) is 13.2. The van der Waals surface area contributed by atoms with Crippen molar-refractivity contribution in [3.63, 3.8) is 0 Å². The van der Waals surface area contributed by atoms with Crippen molar-refractivity contribution in [3.8, 4) is 17.1 Å². The Bertz CT molecular complexity index is 704. The summed E-state index contributed by atoms with van der Waals surface area (Å²) in [6, 6.07) is 11.4. The fraction of sp³-hybridized carbons (Fsp3) is 0.0714. The lowest BCUT2D eigenvalue weighted by Gasteiger charge is -1.99. The molecular formula is C14H13N3O2. The predicted octanol–water partition coefficient (Wildman–Crippen LogP) is 2.79. The minimum absolute atomic E-state index is 0.613. The number of nitrogens with one attached hydrogen (secondary N) is 1. The zero-order valence-electron chi connectivity index (χ0n) is 10.4. The van der Waals surface area contributed by atoms with E-state index in [2.05, 4.69) is 10.4 Å². The number of fused-ring (bicyclic) bond motifs is 1. The van der Waals surface area contributed by atoms with E-state index in [-0.39, 0.29) is 0 Å². The minimum atomic E-state index is 0.613. The minimum Gasteiger partial charge on any atom is -0.497 e. The average molecular weight is 255 g/mol. The monoisotopic (exact) mass is 255 g/mol. The van der Waals surface area contributed by atoms with Gasteiger partial charge in [0.1, 0.15) is 22.9 Å². The summed E-state index contributed by atoms with van der Waals surface area (Å²) in [5, 5.41) is 0.996. The van der Waals surface area contributed by atoms with Gasteiger partial charge < -0.3 is 14.6 Å². The molecule has 3 aromatic rings. The molecule has 5 heteroatoms. The third-order valence-corrected chi connectivity index (χ3v) is 2.92. The number of nitrogen functional groups attached to an aromatic ring is 1. The van der Waals surface area contributed by atoms with Gasteiger partial charge in [0.05, 0.1) is 7.11 Å². The first-order chi connectivity index (χ1) is 9.30. The molecule has 0 aliphatic carbocycles. The third-order valence-electron chi connectivity index (χ3n) is 2.92. The molecule has 0 saturated heterocycles. The highest BCUT2D eigenvalue weighted by Crippen LogP contribution is 2.30. The summed E-state index contributed by atoms with van der Waals surface area (Å²) in [5.74, 6) is 7.46. The largest absolute Gasteiger partial charge is 0.497 e. The van der Waals surface area contributed by atoms with Crippen molar-refractivity contribution in [1.82, 2.24) is 4.98 Å². The standard InChI is InChI=1S/C14H13N3O2/c1-18-11-3-4-12-10(6-11)7-13(19-12)9-2-5-14(17-15)16-8-9/h2-8H,15H2,1H3,(H,16,17). The Morgan fingerprint density at radius 1 is 1.21 bits per heavy atom. The number of hydrogen-bond acceptors (Lipinski definition) is 5. The molecular weight excluding hydrogens is 242 g/mol. The van der Waals surface area contributed by atoms with Gasteiger partial charge in [0.25, 0.3) is 0 Å². The third kappa shape index (κ3) is 2.11. The summed E-state index contributed by atoms with van der Waals surface area (Å²) in [6.07, 6.45) is 1.71. The number of nitrogens with zero attached hydrogens (tertiary/aromatic N) is 1. The number of methoxy groups -OCH3 is 1. The number of anilines is 1. The highest BCUT2D eigenvalue weighted by Gasteiger charge is 2.07. The van der Waals surface area contributed by atoms with Crippen LogP contribution >= 0.6 is 0 Å². The van der Waals surface area contributed by atoms with Crippen molar-refractivity contribution >= 4 is 16.8 Å². The van der Waals surface area contributed by atoms with Crippen molar-refractivity contribution in [3.05, 3.63) is 42.6 Å². The van der Waals surface area contributed by atoms with E-state index < -0.39 is 0 Å². The summed E-state index contributed by atoms with van der Waals surface area (Å²) >= 11 is 0.